The van der Waals surface area contributed by atoms with Crippen LogP contribution < -0.4 is 0 Å². The number of carboxylic acid groups (broad SMARTS) is 1. The molecule has 0 saturated heterocycles. The second kappa shape index (κ2) is 5.15. The molecule has 3 heteroatoms. The Morgan fingerprint density at radius 1 is 1.64 bits per heavy atom. The number of hydrogen-bond acceptors (Lipinski definition) is 2. The Bertz CT molecular complexity index is 304. The predicted molar refractivity (Wildman–Crippen MR) is 59.2 cm³/mol. The van der Waals surface area contributed by atoms with Crippen LogP contribution in [0.25, 0.3) is 0 Å². The molecule has 1 aromatic rings. The molecule has 1 heterocycles. The molecule has 0 aliphatic carbocycles. The van der Waals surface area contributed by atoms with Gasteiger partial charge in [-0.2, -0.15) is 0 Å². The maximum atomic E-state index is 10.9. The summed E-state index contributed by atoms with van der Waals surface area (Å²) in [6.07, 6.45) is 3.40. The number of aromatic carboxylic acids is 1. The zero-order chi connectivity index (χ0) is 10.6. The van der Waals surface area contributed by atoms with Gasteiger partial charge in [0, 0.05) is 0 Å². The Morgan fingerprint density at radius 2 is 2.36 bits per heavy atom. The van der Waals surface area contributed by atoms with Gasteiger partial charge in [0.05, 0.1) is 0 Å². The summed E-state index contributed by atoms with van der Waals surface area (Å²) >= 11 is 1.32. The summed E-state index contributed by atoms with van der Waals surface area (Å²) in [4.78, 5) is 11.4. The van der Waals surface area contributed by atoms with E-state index in [9.17, 15) is 4.79 Å². The molecule has 0 saturated carbocycles. The highest BCUT2D eigenvalue weighted by atomic mass is 32.1. The molecule has 0 aliphatic rings. The maximum Gasteiger partial charge on any atom is 0.346 e. The summed E-state index contributed by atoms with van der Waals surface area (Å²) in [5.74, 6) is -0.425. The third-order valence-electron chi connectivity index (χ3n) is 2.41. The van der Waals surface area contributed by atoms with Crippen LogP contribution in [-0.2, 0) is 0 Å². The first kappa shape index (κ1) is 11.2. The van der Waals surface area contributed by atoms with Gasteiger partial charge in [0.1, 0.15) is 4.88 Å². The quantitative estimate of drug-likeness (QED) is 0.807. The first-order valence-corrected chi connectivity index (χ1v) is 5.85. The first-order chi connectivity index (χ1) is 6.66. The zero-order valence-corrected chi connectivity index (χ0v) is 9.43. The molecular weight excluding hydrogens is 196 g/mol. The Kier molecular flexibility index (Phi) is 4.14. The fraction of sp³-hybridized carbons (Fsp3) is 0.545. The number of hydrogen-bond donors (Lipinski definition) is 1. The molecule has 78 valence electrons. The molecule has 2 nitrogen and oxygen atoms in total. The smallest absolute Gasteiger partial charge is 0.346 e. The summed E-state index contributed by atoms with van der Waals surface area (Å²) in [6.45, 7) is 4.25. The van der Waals surface area contributed by atoms with E-state index in [1.54, 1.807) is 0 Å². The van der Waals surface area contributed by atoms with Crippen molar-refractivity contribution in [2.45, 2.75) is 39.0 Å². The average Bonchev–Trinajstić information content (AvgIpc) is 2.62. The van der Waals surface area contributed by atoms with Gasteiger partial charge < -0.3 is 5.11 Å². The molecule has 1 rings (SSSR count). The van der Waals surface area contributed by atoms with E-state index in [1.807, 2.05) is 11.4 Å². The fourth-order valence-corrected chi connectivity index (χ4v) is 2.40. The van der Waals surface area contributed by atoms with Gasteiger partial charge >= 0.3 is 5.97 Å². The van der Waals surface area contributed by atoms with Crippen molar-refractivity contribution in [2.24, 2.45) is 0 Å². The molecule has 1 atom stereocenters. The van der Waals surface area contributed by atoms with Crippen molar-refractivity contribution in [3.63, 3.8) is 0 Å². The fourth-order valence-electron chi connectivity index (χ4n) is 1.55. The minimum absolute atomic E-state index is 0.368. The van der Waals surface area contributed by atoms with E-state index >= 15 is 0 Å². The standard InChI is InChI=1S/C11H16O2S/c1-3-4-5-8(2)9-6-7-14-10(9)11(12)13/h6-8H,3-5H2,1-2H3,(H,12,13). The number of unbranched alkanes of at least 4 members (excludes halogenated alkanes) is 1. The summed E-state index contributed by atoms with van der Waals surface area (Å²) < 4.78 is 0. The van der Waals surface area contributed by atoms with E-state index in [2.05, 4.69) is 13.8 Å². The van der Waals surface area contributed by atoms with E-state index in [0.717, 1.165) is 24.8 Å². The highest BCUT2D eigenvalue weighted by molar-refractivity contribution is 7.12. The van der Waals surface area contributed by atoms with Crippen molar-refractivity contribution >= 4 is 17.3 Å². The van der Waals surface area contributed by atoms with E-state index in [1.165, 1.54) is 11.3 Å². The Morgan fingerprint density at radius 3 is 2.93 bits per heavy atom. The lowest BCUT2D eigenvalue weighted by Crippen LogP contribution is -2.01. The molecule has 0 aliphatic heterocycles. The lowest BCUT2D eigenvalue weighted by molar-refractivity contribution is 0.0700. The van der Waals surface area contributed by atoms with Crippen LogP contribution in [0.4, 0.5) is 0 Å². The van der Waals surface area contributed by atoms with Crippen LogP contribution in [0.5, 0.6) is 0 Å². The highest BCUT2D eigenvalue weighted by Gasteiger charge is 2.16. The van der Waals surface area contributed by atoms with Gasteiger partial charge in [-0.1, -0.05) is 26.7 Å². The Hall–Kier alpha value is -0.830. The third kappa shape index (κ3) is 2.58. The van der Waals surface area contributed by atoms with Gasteiger partial charge in [-0.05, 0) is 29.3 Å². The predicted octanol–water partition coefficient (Wildman–Crippen LogP) is 3.74. The van der Waals surface area contributed by atoms with Crippen LogP contribution in [-0.4, -0.2) is 11.1 Å². The normalized spacial score (nSPS) is 12.7. The highest BCUT2D eigenvalue weighted by Crippen LogP contribution is 2.28. The van der Waals surface area contributed by atoms with Crippen molar-refractivity contribution < 1.29 is 9.90 Å². The number of thiophene rings is 1. The molecule has 0 radical (unpaired) electrons. The summed E-state index contributed by atoms with van der Waals surface area (Å²) in [5.41, 5.74) is 0.996. The van der Waals surface area contributed by atoms with Crippen LogP contribution in [0, 0.1) is 0 Å². The van der Waals surface area contributed by atoms with E-state index < -0.39 is 5.97 Å². The lowest BCUT2D eigenvalue weighted by Gasteiger charge is -2.09. The molecule has 0 amide bonds. The van der Waals surface area contributed by atoms with Crippen LogP contribution in [0.1, 0.15) is 54.3 Å². The van der Waals surface area contributed by atoms with Gasteiger partial charge in [0.25, 0.3) is 0 Å². The molecule has 0 aromatic carbocycles. The second-order valence-electron chi connectivity index (χ2n) is 3.55. The molecule has 0 fully saturated rings. The zero-order valence-electron chi connectivity index (χ0n) is 8.62. The van der Waals surface area contributed by atoms with Gasteiger partial charge in [-0.25, -0.2) is 4.79 Å². The van der Waals surface area contributed by atoms with Crippen molar-refractivity contribution in [1.82, 2.24) is 0 Å². The number of carboxylic acids is 1. The molecular formula is C11H16O2S. The Balaban J connectivity index is 2.73. The third-order valence-corrected chi connectivity index (χ3v) is 3.33. The van der Waals surface area contributed by atoms with Crippen molar-refractivity contribution in [3.05, 3.63) is 21.9 Å². The molecule has 1 aromatic heterocycles. The summed E-state index contributed by atoms with van der Waals surface area (Å²) in [7, 11) is 0. The number of rotatable bonds is 5. The van der Waals surface area contributed by atoms with Crippen molar-refractivity contribution in [1.29, 1.82) is 0 Å². The molecule has 1 N–H and O–H groups in total. The largest absolute Gasteiger partial charge is 0.477 e. The van der Waals surface area contributed by atoms with E-state index in [-0.39, 0.29) is 0 Å². The Labute approximate surface area is 88.6 Å². The minimum atomic E-state index is -0.793. The van der Waals surface area contributed by atoms with Crippen molar-refractivity contribution in [2.75, 3.05) is 0 Å². The topological polar surface area (TPSA) is 37.3 Å². The van der Waals surface area contributed by atoms with Crippen LogP contribution in [0.2, 0.25) is 0 Å². The van der Waals surface area contributed by atoms with Crippen molar-refractivity contribution in [3.8, 4) is 0 Å². The lowest BCUT2D eigenvalue weighted by atomic mass is 9.96. The van der Waals surface area contributed by atoms with E-state index in [4.69, 9.17) is 5.11 Å². The second-order valence-corrected chi connectivity index (χ2v) is 4.47. The molecule has 1 unspecified atom stereocenters. The summed E-state index contributed by atoms with van der Waals surface area (Å²) in [5, 5.41) is 10.8. The minimum Gasteiger partial charge on any atom is -0.477 e. The van der Waals surface area contributed by atoms with Crippen LogP contribution >= 0.6 is 11.3 Å². The van der Waals surface area contributed by atoms with Crippen LogP contribution in [0.3, 0.4) is 0 Å². The maximum absolute atomic E-state index is 10.9. The molecule has 0 spiro atoms. The monoisotopic (exact) mass is 212 g/mol. The SMILES string of the molecule is CCCCC(C)c1ccsc1C(=O)O. The molecule has 0 bridgehead atoms. The molecule has 14 heavy (non-hydrogen) atoms. The van der Waals surface area contributed by atoms with Gasteiger partial charge in [-0.3, -0.25) is 0 Å². The average molecular weight is 212 g/mol. The van der Waals surface area contributed by atoms with Gasteiger partial charge in [-0.15, -0.1) is 11.3 Å². The van der Waals surface area contributed by atoms with Gasteiger partial charge in [0.15, 0.2) is 0 Å². The van der Waals surface area contributed by atoms with Gasteiger partial charge in [0.2, 0.25) is 0 Å². The summed E-state index contributed by atoms with van der Waals surface area (Å²) in [6, 6.07) is 1.94. The number of carbonyl (C=O) groups is 1. The first-order valence-electron chi connectivity index (χ1n) is 4.97. The van der Waals surface area contributed by atoms with Crippen LogP contribution in [0.15, 0.2) is 11.4 Å². The van der Waals surface area contributed by atoms with E-state index in [0.29, 0.717) is 10.8 Å².